The quantitative estimate of drug-likeness (QED) is 0.381. The van der Waals surface area contributed by atoms with Gasteiger partial charge in [0, 0.05) is 55.9 Å². The number of carbonyl (C=O) groups excluding carboxylic acids is 1. The van der Waals surface area contributed by atoms with Crippen molar-refractivity contribution in [2.24, 2.45) is 11.8 Å². The summed E-state index contributed by atoms with van der Waals surface area (Å²) in [6.45, 7) is 2.57. The van der Waals surface area contributed by atoms with E-state index in [0.29, 0.717) is 11.8 Å². The molecule has 1 amide bonds. The van der Waals surface area contributed by atoms with Crippen molar-refractivity contribution in [3.8, 4) is 22.5 Å². The van der Waals surface area contributed by atoms with Crippen LogP contribution in [-0.4, -0.2) is 47.8 Å². The molecule has 1 atom stereocenters. The minimum Gasteiger partial charge on any atom is -0.342 e. The maximum atomic E-state index is 12.6. The van der Waals surface area contributed by atoms with Crippen molar-refractivity contribution in [1.29, 1.82) is 0 Å². The molecule has 7 nitrogen and oxygen atoms in total. The van der Waals surface area contributed by atoms with E-state index in [1.165, 1.54) is 0 Å². The molecule has 4 aromatic heterocycles. The highest BCUT2D eigenvalue weighted by Gasteiger charge is 2.36. The van der Waals surface area contributed by atoms with Crippen LogP contribution in [0.5, 0.6) is 0 Å². The number of amides is 1. The van der Waals surface area contributed by atoms with Gasteiger partial charge in [-0.05, 0) is 54.5 Å². The number of hydrogen-bond acceptors (Lipinski definition) is 4. The van der Waals surface area contributed by atoms with Crippen molar-refractivity contribution in [2.75, 3.05) is 13.1 Å². The van der Waals surface area contributed by atoms with E-state index < -0.39 is 0 Å². The molecule has 0 bridgehead atoms. The van der Waals surface area contributed by atoms with Crippen molar-refractivity contribution < 1.29 is 4.79 Å². The maximum Gasteiger partial charge on any atom is 0.225 e. The van der Waals surface area contributed by atoms with Gasteiger partial charge in [-0.25, -0.2) is 9.97 Å². The lowest BCUT2D eigenvalue weighted by Crippen LogP contribution is -2.30. The summed E-state index contributed by atoms with van der Waals surface area (Å²) < 4.78 is 4.33. The van der Waals surface area contributed by atoms with Crippen LogP contribution in [0.15, 0.2) is 73.4 Å². The molecule has 174 valence electrons. The lowest BCUT2D eigenvalue weighted by atomic mass is 10.0. The van der Waals surface area contributed by atoms with Crippen molar-refractivity contribution in [3.05, 3.63) is 73.4 Å². The maximum absolute atomic E-state index is 12.6. The number of aromatic nitrogens is 5. The van der Waals surface area contributed by atoms with E-state index in [1.54, 1.807) is 0 Å². The van der Waals surface area contributed by atoms with Gasteiger partial charge in [0.05, 0.1) is 11.7 Å². The number of rotatable bonds is 5. The first kappa shape index (κ1) is 20.4. The van der Waals surface area contributed by atoms with Gasteiger partial charge in [-0.3, -0.25) is 9.78 Å². The summed E-state index contributed by atoms with van der Waals surface area (Å²) in [5.74, 6) is 2.03. The molecule has 2 fully saturated rings. The van der Waals surface area contributed by atoms with Crippen molar-refractivity contribution in [2.45, 2.75) is 25.8 Å². The summed E-state index contributed by atoms with van der Waals surface area (Å²) in [4.78, 5) is 28.3. The van der Waals surface area contributed by atoms with Crippen LogP contribution in [-0.2, 0) is 11.3 Å². The second-order valence-electron chi connectivity index (χ2n) is 9.81. The summed E-state index contributed by atoms with van der Waals surface area (Å²) in [5.41, 5.74) is 6.30. The Labute approximate surface area is 203 Å². The monoisotopic (exact) mass is 462 g/mol. The molecule has 7 heteroatoms. The molecule has 7 rings (SSSR count). The second kappa shape index (κ2) is 8.05. The van der Waals surface area contributed by atoms with Gasteiger partial charge in [0.2, 0.25) is 5.91 Å². The van der Waals surface area contributed by atoms with Gasteiger partial charge in [-0.1, -0.05) is 24.3 Å². The highest BCUT2D eigenvalue weighted by atomic mass is 16.2. The van der Waals surface area contributed by atoms with Gasteiger partial charge in [0.25, 0.3) is 0 Å². The summed E-state index contributed by atoms with van der Waals surface area (Å²) in [7, 11) is 0. The Morgan fingerprint density at radius 3 is 2.66 bits per heavy atom. The van der Waals surface area contributed by atoms with Gasteiger partial charge in [-0.2, -0.15) is 0 Å². The smallest absolute Gasteiger partial charge is 0.225 e. The zero-order valence-electron chi connectivity index (χ0n) is 19.4. The lowest BCUT2D eigenvalue weighted by Gasteiger charge is -2.18. The second-order valence-corrected chi connectivity index (χ2v) is 9.81. The van der Waals surface area contributed by atoms with E-state index >= 15 is 0 Å². The molecule has 35 heavy (non-hydrogen) atoms. The Bertz CT molecular complexity index is 1550. The van der Waals surface area contributed by atoms with Crippen LogP contribution < -0.4 is 0 Å². The average Bonchev–Trinajstić information content (AvgIpc) is 3.30. The van der Waals surface area contributed by atoms with Gasteiger partial charge in [0.15, 0.2) is 0 Å². The van der Waals surface area contributed by atoms with Crippen molar-refractivity contribution in [1.82, 2.24) is 28.8 Å². The number of hydrogen-bond donors (Lipinski definition) is 0. The normalized spacial score (nSPS) is 18.1. The fourth-order valence-corrected chi connectivity index (χ4v) is 5.32. The van der Waals surface area contributed by atoms with Gasteiger partial charge < -0.3 is 13.9 Å². The standard InChI is InChI=1S/C28H26N6O/c35-28(22-5-6-22)33-12-8-19(17-33)18-34-25-7-10-29-16-24(25)31-27(34)21-3-1-20(2-4-21)23-9-13-32-14-11-30-26(32)15-23/h1-4,7,9-11,13-16,19,22H,5-6,8,12,17-18H2. The third-order valence-corrected chi connectivity index (χ3v) is 7.39. The fraction of sp³-hybridized carbons (Fsp3) is 0.286. The summed E-state index contributed by atoms with van der Waals surface area (Å²) >= 11 is 0. The number of benzene rings is 1. The number of nitrogens with zero attached hydrogens (tertiary/aromatic N) is 6. The predicted octanol–water partition coefficient (Wildman–Crippen LogP) is 4.67. The van der Waals surface area contributed by atoms with Crippen LogP contribution in [0.25, 0.3) is 39.2 Å². The average molecular weight is 463 g/mol. The first-order valence-corrected chi connectivity index (χ1v) is 12.4. The van der Waals surface area contributed by atoms with Crippen LogP contribution in [0, 0.1) is 11.8 Å². The zero-order valence-corrected chi connectivity index (χ0v) is 19.4. The number of likely N-dealkylation sites (tertiary alicyclic amines) is 1. The van der Waals surface area contributed by atoms with Crippen LogP contribution >= 0.6 is 0 Å². The largest absolute Gasteiger partial charge is 0.342 e. The van der Waals surface area contributed by atoms with Crippen LogP contribution in [0.1, 0.15) is 19.3 Å². The number of carbonyl (C=O) groups is 1. The van der Waals surface area contributed by atoms with E-state index in [0.717, 1.165) is 78.1 Å². The Kier molecular flexibility index (Phi) is 4.68. The first-order chi connectivity index (χ1) is 17.2. The highest BCUT2D eigenvalue weighted by Crippen LogP contribution is 2.34. The fourth-order valence-electron chi connectivity index (χ4n) is 5.32. The van der Waals surface area contributed by atoms with E-state index in [1.807, 2.05) is 41.5 Å². The number of imidazole rings is 2. The van der Waals surface area contributed by atoms with E-state index in [2.05, 4.69) is 55.8 Å². The molecule has 5 aromatic rings. The molecular formula is C28H26N6O. The summed E-state index contributed by atoms with van der Waals surface area (Å²) in [5, 5.41) is 0. The summed E-state index contributed by atoms with van der Waals surface area (Å²) in [6, 6.07) is 14.9. The van der Waals surface area contributed by atoms with Crippen LogP contribution in [0.3, 0.4) is 0 Å². The van der Waals surface area contributed by atoms with Gasteiger partial charge in [0.1, 0.15) is 17.0 Å². The van der Waals surface area contributed by atoms with Crippen LogP contribution in [0.2, 0.25) is 0 Å². The molecule has 1 aromatic carbocycles. The zero-order chi connectivity index (χ0) is 23.4. The Morgan fingerprint density at radius 1 is 0.943 bits per heavy atom. The Hall–Kier alpha value is -4.00. The van der Waals surface area contributed by atoms with Gasteiger partial charge in [-0.15, -0.1) is 0 Å². The predicted molar refractivity (Wildman–Crippen MR) is 135 cm³/mol. The molecule has 1 saturated heterocycles. The first-order valence-electron chi connectivity index (χ1n) is 12.4. The molecule has 2 aliphatic rings. The van der Waals surface area contributed by atoms with E-state index in [9.17, 15) is 4.79 Å². The third kappa shape index (κ3) is 3.67. The molecule has 1 saturated carbocycles. The number of fused-ring (bicyclic) bond motifs is 2. The van der Waals surface area contributed by atoms with Crippen LogP contribution in [0.4, 0.5) is 0 Å². The van der Waals surface area contributed by atoms with E-state index in [4.69, 9.17) is 4.98 Å². The Balaban J connectivity index is 1.19. The number of pyridine rings is 2. The van der Waals surface area contributed by atoms with Crippen molar-refractivity contribution >= 4 is 22.6 Å². The minimum absolute atomic E-state index is 0.289. The molecule has 1 aliphatic carbocycles. The molecular weight excluding hydrogens is 436 g/mol. The molecule has 1 aliphatic heterocycles. The SMILES string of the molecule is O=C(C1CC1)N1CCC(Cn2c(-c3ccc(-c4ccn5ccnc5c4)cc3)nc3cnccc32)C1. The van der Waals surface area contributed by atoms with E-state index in [-0.39, 0.29) is 5.92 Å². The van der Waals surface area contributed by atoms with Gasteiger partial charge >= 0.3 is 0 Å². The minimum atomic E-state index is 0.289. The molecule has 0 radical (unpaired) electrons. The Morgan fingerprint density at radius 2 is 1.80 bits per heavy atom. The molecule has 0 N–H and O–H groups in total. The lowest BCUT2D eigenvalue weighted by molar-refractivity contribution is -0.131. The molecule has 5 heterocycles. The summed E-state index contributed by atoms with van der Waals surface area (Å²) in [6.07, 6.45) is 12.6. The van der Waals surface area contributed by atoms with Crippen molar-refractivity contribution in [3.63, 3.8) is 0 Å². The molecule has 1 unspecified atom stereocenters. The topological polar surface area (TPSA) is 68.3 Å². The molecule has 0 spiro atoms. The highest BCUT2D eigenvalue weighted by molar-refractivity contribution is 5.82. The third-order valence-electron chi connectivity index (χ3n) is 7.39.